The Morgan fingerprint density at radius 1 is 1.00 bits per heavy atom. The topological polar surface area (TPSA) is 90.6 Å². The first-order valence-electron chi connectivity index (χ1n) is 7.43. The molecule has 0 atom stereocenters. The van der Waals surface area contributed by atoms with Gasteiger partial charge >= 0.3 is 0 Å². The Bertz CT molecular complexity index is 866. The Balaban J connectivity index is 1.75. The highest BCUT2D eigenvalue weighted by molar-refractivity contribution is 6.23. The minimum atomic E-state index is -0.480. The summed E-state index contributed by atoms with van der Waals surface area (Å²) in [5, 5.41) is 11.5. The van der Waals surface area contributed by atoms with E-state index in [4.69, 9.17) is 5.26 Å². The number of nitriles is 1. The zero-order chi connectivity index (χ0) is 17.1. The Morgan fingerprint density at radius 2 is 1.71 bits per heavy atom. The Kier molecular flexibility index (Phi) is 4.17. The number of nitroso groups, excluding NO2 is 1. The van der Waals surface area contributed by atoms with Gasteiger partial charge in [0.05, 0.1) is 23.6 Å². The van der Waals surface area contributed by atoms with Crippen LogP contribution in [0.5, 0.6) is 0 Å². The summed E-state index contributed by atoms with van der Waals surface area (Å²) in [5.74, 6) is -0.882. The van der Waals surface area contributed by atoms with Crippen molar-refractivity contribution in [2.75, 3.05) is 6.54 Å². The number of benzene rings is 2. The van der Waals surface area contributed by atoms with E-state index in [-0.39, 0.29) is 23.4 Å². The largest absolute Gasteiger partial charge is 0.274 e. The van der Waals surface area contributed by atoms with E-state index in [2.05, 4.69) is 11.2 Å². The lowest BCUT2D eigenvalue weighted by atomic mass is 10.1. The van der Waals surface area contributed by atoms with Gasteiger partial charge in [-0.2, -0.15) is 5.26 Å². The van der Waals surface area contributed by atoms with E-state index < -0.39 is 11.8 Å². The van der Waals surface area contributed by atoms with Crippen molar-refractivity contribution < 1.29 is 9.59 Å². The number of fused-ring (bicyclic) bond motifs is 1. The second-order valence-corrected chi connectivity index (χ2v) is 5.45. The van der Waals surface area contributed by atoms with Crippen LogP contribution in [0.25, 0.3) is 0 Å². The van der Waals surface area contributed by atoms with Crippen molar-refractivity contribution >= 4 is 17.5 Å². The molecule has 3 rings (SSSR count). The maximum absolute atomic E-state index is 12.4. The molecule has 0 spiro atoms. The van der Waals surface area contributed by atoms with Gasteiger partial charge < -0.3 is 0 Å². The lowest BCUT2D eigenvalue weighted by Crippen LogP contribution is -2.31. The minimum absolute atomic E-state index is 0.00536. The van der Waals surface area contributed by atoms with Gasteiger partial charge in [0.15, 0.2) is 0 Å². The fourth-order valence-electron chi connectivity index (χ4n) is 2.75. The van der Waals surface area contributed by atoms with Crippen molar-refractivity contribution in [1.82, 2.24) is 4.90 Å². The molecule has 0 saturated carbocycles. The molecule has 2 aromatic rings. The zero-order valence-corrected chi connectivity index (χ0v) is 12.7. The molecule has 6 nitrogen and oxygen atoms in total. The second kappa shape index (κ2) is 6.42. The molecular formula is C18H13N3O3. The van der Waals surface area contributed by atoms with E-state index in [1.807, 2.05) is 24.3 Å². The number of nitrogens with zero attached hydrogens (tertiary/aromatic N) is 3. The number of amides is 2. The molecule has 2 aromatic carbocycles. The summed E-state index contributed by atoms with van der Waals surface area (Å²) in [6.07, 6.45) is 0.850. The Hall–Kier alpha value is -3.33. The number of carbonyl (C=O) groups excluding carboxylic acids is 2. The maximum Gasteiger partial charge on any atom is 0.263 e. The molecule has 0 N–H and O–H groups in total. The van der Waals surface area contributed by atoms with Crippen LogP contribution < -0.4 is 0 Å². The summed E-state index contributed by atoms with van der Waals surface area (Å²) in [6, 6.07) is 14.0. The van der Waals surface area contributed by atoms with Crippen LogP contribution in [-0.2, 0) is 12.8 Å². The second-order valence-electron chi connectivity index (χ2n) is 5.45. The highest BCUT2D eigenvalue weighted by Crippen LogP contribution is 2.31. The number of rotatable bonds is 5. The van der Waals surface area contributed by atoms with Crippen LogP contribution in [0, 0.1) is 16.2 Å². The zero-order valence-electron chi connectivity index (χ0n) is 12.7. The molecule has 1 aliphatic rings. The standard InChI is InChI=1S/C18H13N3O3/c19-10-8-12-4-6-13(7-5-12)9-11-21-17(22)14-2-1-3-15(20-24)16(14)18(21)23/h1-7H,8-9,11H2. The Morgan fingerprint density at radius 3 is 2.38 bits per heavy atom. The summed E-state index contributed by atoms with van der Waals surface area (Å²) in [5.41, 5.74) is 2.18. The van der Waals surface area contributed by atoms with E-state index in [0.717, 1.165) is 16.0 Å². The molecule has 0 aromatic heterocycles. The van der Waals surface area contributed by atoms with Crippen LogP contribution in [0.1, 0.15) is 31.8 Å². The van der Waals surface area contributed by atoms with E-state index in [1.54, 1.807) is 0 Å². The van der Waals surface area contributed by atoms with Gasteiger partial charge in [0, 0.05) is 6.54 Å². The van der Waals surface area contributed by atoms with Crippen molar-refractivity contribution in [3.05, 3.63) is 69.6 Å². The summed E-state index contributed by atoms with van der Waals surface area (Å²) in [7, 11) is 0. The van der Waals surface area contributed by atoms with Gasteiger partial charge in [0.2, 0.25) is 0 Å². The van der Waals surface area contributed by atoms with Gasteiger partial charge in [-0.15, -0.1) is 4.91 Å². The summed E-state index contributed by atoms with van der Waals surface area (Å²) < 4.78 is 0. The molecule has 0 aliphatic carbocycles. The van der Waals surface area contributed by atoms with Crippen LogP contribution in [0.2, 0.25) is 0 Å². The fraction of sp³-hybridized carbons (Fsp3) is 0.167. The molecular weight excluding hydrogens is 306 g/mol. The van der Waals surface area contributed by atoms with Crippen LogP contribution in [-0.4, -0.2) is 23.3 Å². The molecule has 0 unspecified atom stereocenters. The third-order valence-electron chi connectivity index (χ3n) is 4.01. The average molecular weight is 319 g/mol. The quantitative estimate of drug-likeness (QED) is 0.625. The van der Waals surface area contributed by atoms with Crippen LogP contribution >= 0.6 is 0 Å². The van der Waals surface area contributed by atoms with Crippen molar-refractivity contribution in [3.63, 3.8) is 0 Å². The normalized spacial score (nSPS) is 12.9. The van der Waals surface area contributed by atoms with Crippen LogP contribution in [0.3, 0.4) is 0 Å². The summed E-state index contributed by atoms with van der Waals surface area (Å²) in [6.45, 7) is 0.224. The fourth-order valence-corrected chi connectivity index (χ4v) is 2.75. The van der Waals surface area contributed by atoms with Gasteiger partial charge in [0.1, 0.15) is 5.69 Å². The molecule has 0 saturated heterocycles. The lowest BCUT2D eigenvalue weighted by Gasteiger charge is -2.13. The van der Waals surface area contributed by atoms with Crippen molar-refractivity contribution in [2.24, 2.45) is 5.18 Å². The van der Waals surface area contributed by atoms with Crippen LogP contribution in [0.4, 0.5) is 5.69 Å². The monoisotopic (exact) mass is 319 g/mol. The predicted octanol–water partition coefficient (Wildman–Crippen LogP) is 2.99. The van der Waals surface area contributed by atoms with Crippen LogP contribution in [0.15, 0.2) is 47.6 Å². The van der Waals surface area contributed by atoms with Crippen molar-refractivity contribution in [3.8, 4) is 6.07 Å². The number of hydrogen-bond donors (Lipinski definition) is 0. The highest BCUT2D eigenvalue weighted by atomic mass is 16.3. The van der Waals surface area contributed by atoms with Crippen molar-refractivity contribution in [1.29, 1.82) is 5.26 Å². The smallest absolute Gasteiger partial charge is 0.263 e. The summed E-state index contributed by atoms with van der Waals surface area (Å²) >= 11 is 0. The lowest BCUT2D eigenvalue weighted by molar-refractivity contribution is 0.0656. The summed E-state index contributed by atoms with van der Waals surface area (Å²) in [4.78, 5) is 36.8. The number of hydrogen-bond acceptors (Lipinski definition) is 5. The number of carbonyl (C=O) groups is 2. The van der Waals surface area contributed by atoms with Gasteiger partial charge in [-0.25, -0.2) is 0 Å². The molecule has 24 heavy (non-hydrogen) atoms. The van der Waals surface area contributed by atoms with E-state index in [9.17, 15) is 14.5 Å². The minimum Gasteiger partial charge on any atom is -0.274 e. The van der Waals surface area contributed by atoms with Gasteiger partial charge in [0.25, 0.3) is 11.8 Å². The highest BCUT2D eigenvalue weighted by Gasteiger charge is 2.37. The molecule has 2 amide bonds. The first-order valence-corrected chi connectivity index (χ1v) is 7.43. The molecule has 0 fully saturated rings. The maximum atomic E-state index is 12.4. The first-order chi connectivity index (χ1) is 11.7. The van der Waals surface area contributed by atoms with Gasteiger partial charge in [-0.1, -0.05) is 30.3 Å². The molecule has 1 heterocycles. The molecule has 1 aliphatic heterocycles. The van der Waals surface area contributed by atoms with E-state index in [0.29, 0.717) is 12.8 Å². The Labute approximate surface area is 138 Å². The molecule has 0 bridgehead atoms. The van der Waals surface area contributed by atoms with Crippen molar-refractivity contribution in [2.45, 2.75) is 12.8 Å². The van der Waals surface area contributed by atoms with Gasteiger partial charge in [-0.3, -0.25) is 14.5 Å². The molecule has 6 heteroatoms. The third kappa shape index (κ3) is 2.68. The molecule has 0 radical (unpaired) electrons. The van der Waals surface area contributed by atoms with E-state index >= 15 is 0 Å². The molecule has 118 valence electrons. The van der Waals surface area contributed by atoms with Gasteiger partial charge in [-0.05, 0) is 34.9 Å². The average Bonchev–Trinajstić information content (AvgIpc) is 2.86. The number of imide groups is 1. The van der Waals surface area contributed by atoms with E-state index in [1.165, 1.54) is 18.2 Å². The third-order valence-corrected chi connectivity index (χ3v) is 4.01. The first kappa shape index (κ1) is 15.6. The SMILES string of the molecule is N#CCc1ccc(CCN2C(=O)c3cccc(N=O)c3C2=O)cc1. The predicted molar refractivity (Wildman–Crippen MR) is 86.7 cm³/mol.